The number of aromatic nitrogens is 2. The number of amides is 1. The molecular formula is C20H23N3O5. The average Bonchev–Trinajstić information content (AvgIpc) is 3.26. The summed E-state index contributed by atoms with van der Waals surface area (Å²) in [7, 11) is 0. The minimum absolute atomic E-state index is 0.0937. The van der Waals surface area contributed by atoms with E-state index in [0.29, 0.717) is 23.9 Å². The quantitative estimate of drug-likeness (QED) is 0.676. The van der Waals surface area contributed by atoms with Gasteiger partial charge in [0.1, 0.15) is 12.4 Å². The molecule has 1 saturated heterocycles. The number of carbonyl (C=O) groups excluding carboxylic acids is 2. The summed E-state index contributed by atoms with van der Waals surface area (Å²) in [5.74, 6) is 0.910. The van der Waals surface area contributed by atoms with Crippen LogP contribution in [0.4, 0.5) is 0 Å². The van der Waals surface area contributed by atoms with E-state index in [2.05, 4.69) is 10.1 Å². The summed E-state index contributed by atoms with van der Waals surface area (Å²) in [5, 5.41) is 3.95. The first-order chi connectivity index (χ1) is 13.7. The molecule has 8 nitrogen and oxygen atoms in total. The summed E-state index contributed by atoms with van der Waals surface area (Å²) in [4.78, 5) is 30.7. The maximum atomic E-state index is 12.8. The predicted octanol–water partition coefficient (Wildman–Crippen LogP) is 2.81. The van der Waals surface area contributed by atoms with Crippen molar-refractivity contribution in [3.8, 4) is 5.75 Å². The Morgan fingerprint density at radius 1 is 1.32 bits per heavy atom. The van der Waals surface area contributed by atoms with Crippen LogP contribution in [0.3, 0.4) is 0 Å². The first-order valence-corrected chi connectivity index (χ1v) is 9.70. The van der Waals surface area contributed by atoms with Crippen LogP contribution >= 0.6 is 0 Å². The molecule has 1 aliphatic heterocycles. The van der Waals surface area contributed by atoms with Crippen molar-refractivity contribution in [2.45, 2.75) is 44.6 Å². The molecule has 2 aromatic rings. The highest BCUT2D eigenvalue weighted by Gasteiger charge is 2.34. The van der Waals surface area contributed by atoms with Crippen LogP contribution < -0.4 is 4.74 Å². The molecule has 1 amide bonds. The normalized spacial score (nSPS) is 18.9. The molecule has 0 bridgehead atoms. The van der Waals surface area contributed by atoms with Gasteiger partial charge < -0.3 is 18.9 Å². The predicted molar refractivity (Wildman–Crippen MR) is 98.2 cm³/mol. The Kier molecular flexibility index (Phi) is 5.27. The van der Waals surface area contributed by atoms with Gasteiger partial charge in [0.15, 0.2) is 17.1 Å². The monoisotopic (exact) mass is 385 g/mol. The molecule has 2 fully saturated rings. The number of carbonyl (C=O) groups is 2. The molecule has 0 radical (unpaired) electrons. The van der Waals surface area contributed by atoms with E-state index in [1.54, 1.807) is 30.0 Å². The molecule has 3 heterocycles. The lowest BCUT2D eigenvalue weighted by molar-refractivity contribution is 0.0508. The standard InChI is InChI=1S/C20H23N3O5/c1-2-26-20(25)18-16(6-3-9-21-18)27-12-14-5-4-10-23(14)19(24)15-11-17(28-22-15)13-7-8-13/h3,6,9,11,13-14H,2,4-5,7-8,10,12H2,1H3/t14-/m1/s1. The highest BCUT2D eigenvalue weighted by atomic mass is 16.5. The molecule has 28 heavy (non-hydrogen) atoms. The Morgan fingerprint density at radius 3 is 2.96 bits per heavy atom. The van der Waals surface area contributed by atoms with Crippen LogP contribution in [0.5, 0.6) is 5.75 Å². The SMILES string of the molecule is CCOC(=O)c1ncccc1OC[C@H]1CCCN1C(=O)c1cc(C2CC2)on1. The Hall–Kier alpha value is -2.90. The number of ether oxygens (including phenoxy) is 2. The molecule has 0 spiro atoms. The van der Waals surface area contributed by atoms with Crippen LogP contribution in [-0.2, 0) is 4.74 Å². The zero-order chi connectivity index (χ0) is 19.5. The molecule has 2 aliphatic rings. The topological polar surface area (TPSA) is 94.8 Å². The third-order valence-electron chi connectivity index (χ3n) is 5.04. The summed E-state index contributed by atoms with van der Waals surface area (Å²) in [6.07, 6.45) is 5.43. The lowest BCUT2D eigenvalue weighted by Crippen LogP contribution is -2.39. The van der Waals surface area contributed by atoms with Gasteiger partial charge in [-0.05, 0) is 44.7 Å². The van der Waals surface area contributed by atoms with Crippen molar-refractivity contribution in [3.63, 3.8) is 0 Å². The highest BCUT2D eigenvalue weighted by Crippen LogP contribution is 2.40. The zero-order valence-electron chi connectivity index (χ0n) is 15.8. The van der Waals surface area contributed by atoms with Crippen LogP contribution in [0.1, 0.15) is 65.3 Å². The Labute approximate surface area is 162 Å². The summed E-state index contributed by atoms with van der Waals surface area (Å²) in [6, 6.07) is 5.05. The van der Waals surface area contributed by atoms with Crippen molar-refractivity contribution in [2.75, 3.05) is 19.8 Å². The van der Waals surface area contributed by atoms with Gasteiger partial charge in [-0.15, -0.1) is 0 Å². The molecule has 1 saturated carbocycles. The molecule has 1 aliphatic carbocycles. The van der Waals surface area contributed by atoms with Gasteiger partial charge in [0.05, 0.1) is 12.6 Å². The second-order valence-corrected chi connectivity index (χ2v) is 7.07. The van der Waals surface area contributed by atoms with Crippen molar-refractivity contribution in [1.82, 2.24) is 15.0 Å². The molecule has 148 valence electrons. The fourth-order valence-corrected chi connectivity index (χ4v) is 3.42. The number of nitrogens with zero attached hydrogens (tertiary/aromatic N) is 3. The van der Waals surface area contributed by atoms with Crippen molar-refractivity contribution in [3.05, 3.63) is 41.5 Å². The van der Waals surface area contributed by atoms with E-state index >= 15 is 0 Å². The minimum Gasteiger partial charge on any atom is -0.489 e. The molecule has 2 aromatic heterocycles. The number of rotatable bonds is 7. The van der Waals surface area contributed by atoms with Crippen molar-refractivity contribution in [1.29, 1.82) is 0 Å². The second kappa shape index (κ2) is 8.00. The molecular weight excluding hydrogens is 362 g/mol. The maximum Gasteiger partial charge on any atom is 0.360 e. The summed E-state index contributed by atoms with van der Waals surface area (Å²) in [5.41, 5.74) is 0.494. The van der Waals surface area contributed by atoms with E-state index in [0.717, 1.165) is 31.4 Å². The van der Waals surface area contributed by atoms with Gasteiger partial charge in [-0.1, -0.05) is 5.16 Å². The number of likely N-dealkylation sites (tertiary alicyclic amines) is 1. The van der Waals surface area contributed by atoms with Gasteiger partial charge in [-0.25, -0.2) is 9.78 Å². The molecule has 0 unspecified atom stereocenters. The Morgan fingerprint density at radius 2 is 2.18 bits per heavy atom. The van der Waals surface area contributed by atoms with Gasteiger partial charge >= 0.3 is 5.97 Å². The Balaban J connectivity index is 1.42. The number of pyridine rings is 1. The van der Waals surface area contributed by atoms with Crippen LogP contribution in [0.15, 0.2) is 28.9 Å². The molecule has 1 atom stereocenters. The second-order valence-electron chi connectivity index (χ2n) is 7.07. The fourth-order valence-electron chi connectivity index (χ4n) is 3.42. The van der Waals surface area contributed by atoms with E-state index in [1.165, 1.54) is 6.20 Å². The van der Waals surface area contributed by atoms with Crippen molar-refractivity contribution in [2.24, 2.45) is 0 Å². The van der Waals surface area contributed by atoms with Gasteiger partial charge in [-0.2, -0.15) is 0 Å². The lowest BCUT2D eigenvalue weighted by atomic mass is 10.2. The highest BCUT2D eigenvalue weighted by molar-refractivity contribution is 5.92. The fraction of sp³-hybridized carbons (Fsp3) is 0.500. The molecule has 0 aromatic carbocycles. The summed E-state index contributed by atoms with van der Waals surface area (Å²) < 4.78 is 16.2. The van der Waals surface area contributed by atoms with E-state index in [4.69, 9.17) is 14.0 Å². The number of hydrogen-bond acceptors (Lipinski definition) is 7. The summed E-state index contributed by atoms with van der Waals surface area (Å²) in [6.45, 7) is 2.93. The third-order valence-corrected chi connectivity index (χ3v) is 5.04. The van der Waals surface area contributed by atoms with Gasteiger partial charge in [0.25, 0.3) is 5.91 Å². The van der Waals surface area contributed by atoms with E-state index in [-0.39, 0.29) is 30.9 Å². The third kappa shape index (κ3) is 3.85. The molecule has 4 rings (SSSR count). The van der Waals surface area contributed by atoms with Crippen molar-refractivity contribution < 1.29 is 23.6 Å². The lowest BCUT2D eigenvalue weighted by Gasteiger charge is -2.24. The van der Waals surface area contributed by atoms with Crippen LogP contribution in [0.25, 0.3) is 0 Å². The zero-order valence-corrected chi connectivity index (χ0v) is 15.8. The van der Waals surface area contributed by atoms with Gasteiger partial charge in [0.2, 0.25) is 0 Å². The average molecular weight is 385 g/mol. The molecule has 0 N–H and O–H groups in total. The summed E-state index contributed by atoms with van der Waals surface area (Å²) >= 11 is 0. The molecule has 8 heteroatoms. The minimum atomic E-state index is -0.521. The van der Waals surface area contributed by atoms with E-state index in [1.807, 2.05) is 0 Å². The van der Waals surface area contributed by atoms with Gasteiger partial charge in [-0.3, -0.25) is 4.79 Å². The Bertz CT molecular complexity index is 861. The van der Waals surface area contributed by atoms with Gasteiger partial charge in [0, 0.05) is 24.7 Å². The van der Waals surface area contributed by atoms with Crippen molar-refractivity contribution >= 4 is 11.9 Å². The number of hydrogen-bond donors (Lipinski definition) is 0. The van der Waals surface area contributed by atoms with Crippen LogP contribution in [0.2, 0.25) is 0 Å². The largest absolute Gasteiger partial charge is 0.489 e. The first kappa shape index (κ1) is 18.5. The number of esters is 1. The smallest absolute Gasteiger partial charge is 0.360 e. The maximum absolute atomic E-state index is 12.8. The van der Waals surface area contributed by atoms with E-state index < -0.39 is 5.97 Å². The first-order valence-electron chi connectivity index (χ1n) is 9.70. The van der Waals surface area contributed by atoms with E-state index in [9.17, 15) is 9.59 Å². The van der Waals surface area contributed by atoms with Crippen LogP contribution in [0, 0.1) is 0 Å². The van der Waals surface area contributed by atoms with Crippen LogP contribution in [-0.4, -0.2) is 52.7 Å².